The van der Waals surface area contributed by atoms with Gasteiger partial charge in [0.05, 0.1) is 13.2 Å². The quantitative estimate of drug-likeness (QED) is 0.0524. The molecule has 1 fully saturated rings. The first kappa shape index (κ1) is 47.1. The lowest BCUT2D eigenvalue weighted by Gasteiger charge is -2.41. The van der Waals surface area contributed by atoms with Gasteiger partial charge in [-0.2, -0.15) is 0 Å². The Labute approximate surface area is 303 Å². The minimum atomic E-state index is -0.300. The average Bonchev–Trinajstić information content (AvgIpc) is 3.09. The molecule has 0 N–H and O–H groups in total. The summed E-state index contributed by atoms with van der Waals surface area (Å²) < 4.78 is 13.1. The fourth-order valence-corrected chi connectivity index (χ4v) is 6.36. The van der Waals surface area contributed by atoms with Gasteiger partial charge in [0.25, 0.3) is 0 Å². The number of nitrogens with zero attached hydrogens (tertiary/aromatic N) is 1. The second-order valence-corrected chi connectivity index (χ2v) is 14.9. The maximum Gasteiger partial charge on any atom is 0.168 e. The van der Waals surface area contributed by atoms with Gasteiger partial charge in [0.15, 0.2) is 5.79 Å². The highest BCUT2D eigenvalue weighted by Gasteiger charge is 2.36. The van der Waals surface area contributed by atoms with E-state index in [-0.39, 0.29) is 5.79 Å². The van der Waals surface area contributed by atoms with Gasteiger partial charge in [-0.1, -0.05) is 160 Å². The zero-order valence-corrected chi connectivity index (χ0v) is 33.7. The van der Waals surface area contributed by atoms with Crippen LogP contribution in [0, 0.1) is 5.92 Å². The normalized spacial score (nSPS) is 18.4. The molecular formula is C45H87NO2. The summed E-state index contributed by atoms with van der Waals surface area (Å²) in [5.41, 5.74) is 0. The Morgan fingerprint density at radius 2 is 0.896 bits per heavy atom. The van der Waals surface area contributed by atoms with E-state index >= 15 is 0 Å². The van der Waals surface area contributed by atoms with Gasteiger partial charge in [-0.15, -0.1) is 0 Å². The number of allylic oxidation sites excluding steroid dienone is 6. The Hall–Kier alpha value is -0.900. The SMILES string of the molecule is CC/C=C\CCCCC.CCCCC/C=C\C/C=C\CCCCCCCCC1(CCCCCCCCCC)OCC(CCN(C)C)CO1. The molecule has 3 nitrogen and oxygen atoms in total. The van der Waals surface area contributed by atoms with Gasteiger partial charge in [-0.3, -0.25) is 0 Å². The predicted octanol–water partition coefficient (Wildman–Crippen LogP) is 14.6. The van der Waals surface area contributed by atoms with Crippen LogP contribution in [-0.2, 0) is 9.47 Å². The Morgan fingerprint density at radius 1 is 0.500 bits per heavy atom. The molecule has 0 atom stereocenters. The molecular weight excluding hydrogens is 587 g/mol. The van der Waals surface area contributed by atoms with E-state index in [9.17, 15) is 0 Å². The van der Waals surface area contributed by atoms with Crippen molar-refractivity contribution in [3.63, 3.8) is 0 Å². The van der Waals surface area contributed by atoms with E-state index in [2.05, 4.69) is 83.1 Å². The summed E-state index contributed by atoms with van der Waals surface area (Å²) in [5.74, 6) is 0.251. The predicted molar refractivity (Wildman–Crippen MR) is 216 cm³/mol. The lowest BCUT2D eigenvalue weighted by atomic mass is 9.96. The minimum Gasteiger partial charge on any atom is -0.350 e. The maximum absolute atomic E-state index is 6.54. The minimum absolute atomic E-state index is 0.300. The summed E-state index contributed by atoms with van der Waals surface area (Å²) >= 11 is 0. The van der Waals surface area contributed by atoms with E-state index in [4.69, 9.17) is 9.47 Å². The zero-order valence-electron chi connectivity index (χ0n) is 33.7. The summed E-state index contributed by atoms with van der Waals surface area (Å²) in [5, 5.41) is 0. The van der Waals surface area contributed by atoms with E-state index < -0.39 is 0 Å². The van der Waals surface area contributed by atoms with Crippen LogP contribution in [0.5, 0.6) is 0 Å². The number of hydrogen-bond donors (Lipinski definition) is 0. The lowest BCUT2D eigenvalue weighted by molar-refractivity contribution is -0.290. The van der Waals surface area contributed by atoms with Crippen molar-refractivity contribution in [3.05, 3.63) is 36.5 Å². The van der Waals surface area contributed by atoms with E-state index in [0.717, 1.165) is 39.0 Å². The first-order chi connectivity index (χ1) is 23.5. The summed E-state index contributed by atoms with van der Waals surface area (Å²) in [6.07, 6.45) is 50.3. The van der Waals surface area contributed by atoms with Crippen LogP contribution >= 0.6 is 0 Å². The number of unbranched alkanes of at least 4 members (excludes halogenated alkanes) is 19. The summed E-state index contributed by atoms with van der Waals surface area (Å²) in [6.45, 7) is 11.9. The fraction of sp³-hybridized carbons (Fsp3) is 0.867. The van der Waals surface area contributed by atoms with Gasteiger partial charge < -0.3 is 14.4 Å². The largest absolute Gasteiger partial charge is 0.350 e. The van der Waals surface area contributed by atoms with Crippen molar-refractivity contribution in [2.24, 2.45) is 5.92 Å². The van der Waals surface area contributed by atoms with Crippen LogP contribution in [0.1, 0.15) is 207 Å². The lowest BCUT2D eigenvalue weighted by Crippen LogP contribution is -2.44. The highest BCUT2D eigenvalue weighted by molar-refractivity contribution is 4.92. The first-order valence-electron chi connectivity index (χ1n) is 21.4. The van der Waals surface area contributed by atoms with Crippen molar-refractivity contribution in [1.82, 2.24) is 4.90 Å². The summed E-state index contributed by atoms with van der Waals surface area (Å²) in [6, 6.07) is 0. The molecule has 0 radical (unpaired) electrons. The van der Waals surface area contributed by atoms with Crippen molar-refractivity contribution in [3.8, 4) is 0 Å². The van der Waals surface area contributed by atoms with Crippen LogP contribution in [0.4, 0.5) is 0 Å². The number of rotatable bonds is 32. The maximum atomic E-state index is 6.54. The standard InChI is InChI=1S/C36H69NO2.C9H18/c1-5-7-9-11-13-15-16-17-18-19-20-21-22-24-26-28-31-36(30-27-25-23-14-12-10-8-6-2)38-33-35(34-39-36)29-32-37(3)4;1-3-5-7-9-8-6-4-2/h13,15,17-18,35H,5-12,14,16,19-34H2,1-4H3;5,7H,3-4,6,8-9H2,1-2H3/b15-13-,18-17-;7-5-. The zero-order chi connectivity index (χ0) is 35.2. The highest BCUT2D eigenvalue weighted by Crippen LogP contribution is 2.33. The Kier molecular flexibility index (Phi) is 36.7. The third kappa shape index (κ3) is 32.3. The van der Waals surface area contributed by atoms with Gasteiger partial charge in [-0.05, 0) is 91.3 Å². The fourth-order valence-electron chi connectivity index (χ4n) is 6.36. The molecule has 0 spiro atoms. The van der Waals surface area contributed by atoms with Crippen LogP contribution < -0.4 is 0 Å². The van der Waals surface area contributed by atoms with Crippen molar-refractivity contribution in [2.75, 3.05) is 33.9 Å². The van der Waals surface area contributed by atoms with E-state index in [0.29, 0.717) is 5.92 Å². The molecule has 0 saturated carbocycles. The third-order valence-corrected chi connectivity index (χ3v) is 9.69. The first-order valence-corrected chi connectivity index (χ1v) is 21.4. The molecule has 1 saturated heterocycles. The Bertz CT molecular complexity index is 704. The monoisotopic (exact) mass is 674 g/mol. The van der Waals surface area contributed by atoms with Crippen LogP contribution in [0.3, 0.4) is 0 Å². The van der Waals surface area contributed by atoms with Gasteiger partial charge in [-0.25, -0.2) is 0 Å². The van der Waals surface area contributed by atoms with Crippen LogP contribution in [0.25, 0.3) is 0 Å². The third-order valence-electron chi connectivity index (χ3n) is 9.69. The van der Waals surface area contributed by atoms with Gasteiger partial charge in [0.2, 0.25) is 0 Å². The molecule has 3 heteroatoms. The van der Waals surface area contributed by atoms with Crippen molar-refractivity contribution in [2.45, 2.75) is 213 Å². The van der Waals surface area contributed by atoms with Gasteiger partial charge in [0, 0.05) is 18.8 Å². The molecule has 0 unspecified atom stereocenters. The van der Waals surface area contributed by atoms with Crippen LogP contribution in [-0.4, -0.2) is 44.5 Å². The van der Waals surface area contributed by atoms with Crippen molar-refractivity contribution < 1.29 is 9.47 Å². The van der Waals surface area contributed by atoms with Gasteiger partial charge >= 0.3 is 0 Å². The number of ether oxygens (including phenoxy) is 2. The molecule has 1 heterocycles. The molecule has 1 aliphatic heterocycles. The molecule has 0 aromatic carbocycles. The molecule has 0 bridgehead atoms. The molecule has 0 aliphatic carbocycles. The van der Waals surface area contributed by atoms with E-state index in [1.165, 1.54) is 161 Å². The van der Waals surface area contributed by atoms with Crippen molar-refractivity contribution in [1.29, 1.82) is 0 Å². The van der Waals surface area contributed by atoms with Crippen LogP contribution in [0.2, 0.25) is 0 Å². The molecule has 48 heavy (non-hydrogen) atoms. The summed E-state index contributed by atoms with van der Waals surface area (Å²) in [7, 11) is 4.31. The number of hydrogen-bond acceptors (Lipinski definition) is 3. The average molecular weight is 674 g/mol. The smallest absolute Gasteiger partial charge is 0.168 e. The Balaban J connectivity index is 0.00000213. The molecule has 0 aromatic rings. The van der Waals surface area contributed by atoms with E-state index in [1.807, 2.05) is 0 Å². The molecule has 284 valence electrons. The second-order valence-electron chi connectivity index (χ2n) is 14.9. The summed E-state index contributed by atoms with van der Waals surface area (Å²) in [4.78, 5) is 2.27. The molecule has 0 amide bonds. The molecule has 1 rings (SSSR count). The van der Waals surface area contributed by atoms with E-state index in [1.54, 1.807) is 0 Å². The molecule has 0 aromatic heterocycles. The highest BCUT2D eigenvalue weighted by atomic mass is 16.7. The van der Waals surface area contributed by atoms with Crippen molar-refractivity contribution >= 4 is 0 Å². The van der Waals surface area contributed by atoms with Gasteiger partial charge in [0.1, 0.15) is 0 Å². The topological polar surface area (TPSA) is 21.7 Å². The van der Waals surface area contributed by atoms with Crippen LogP contribution in [0.15, 0.2) is 36.5 Å². The second kappa shape index (κ2) is 37.4. The molecule has 1 aliphatic rings. The Morgan fingerprint density at radius 3 is 1.35 bits per heavy atom.